The summed E-state index contributed by atoms with van der Waals surface area (Å²) >= 11 is 0. The molecular formula is C19H26N4O. The van der Waals surface area contributed by atoms with E-state index in [2.05, 4.69) is 64.5 Å². The number of likely N-dealkylation sites (N-methyl/N-ethyl adjacent to an activating group) is 1. The molecule has 0 saturated heterocycles. The Balaban J connectivity index is 2.10. The van der Waals surface area contributed by atoms with E-state index in [-0.39, 0.29) is 11.9 Å². The molecular weight excluding hydrogens is 300 g/mol. The fourth-order valence-electron chi connectivity index (χ4n) is 3.33. The molecule has 0 bridgehead atoms. The maximum Gasteiger partial charge on any atom is 0.268 e. The molecule has 0 atom stereocenters. The zero-order valence-electron chi connectivity index (χ0n) is 15.1. The minimum Gasteiger partial charge on any atom is -0.349 e. The van der Waals surface area contributed by atoms with Crippen LogP contribution in [-0.2, 0) is 7.05 Å². The number of para-hydroxylation sites is 1. The van der Waals surface area contributed by atoms with Crippen LogP contribution >= 0.6 is 0 Å². The second kappa shape index (κ2) is 6.32. The fraction of sp³-hybridized carbons (Fsp3) is 0.421. The zero-order valence-corrected chi connectivity index (χ0v) is 15.1. The number of benzene rings is 1. The SMILES string of the molecule is CC(C)n1c(C(=O)NCCN(C)C)cc2c1c1ccccc1n2C. The first kappa shape index (κ1) is 16.6. The Morgan fingerprint density at radius 3 is 2.58 bits per heavy atom. The van der Waals surface area contributed by atoms with Gasteiger partial charge in [0.05, 0.1) is 16.6 Å². The quantitative estimate of drug-likeness (QED) is 0.783. The number of rotatable bonds is 5. The van der Waals surface area contributed by atoms with Crippen molar-refractivity contribution in [1.82, 2.24) is 19.4 Å². The van der Waals surface area contributed by atoms with Crippen LogP contribution in [0.1, 0.15) is 30.4 Å². The molecule has 1 N–H and O–H groups in total. The van der Waals surface area contributed by atoms with Crippen LogP contribution in [0, 0.1) is 0 Å². The van der Waals surface area contributed by atoms with Gasteiger partial charge in [0, 0.05) is 31.6 Å². The maximum absolute atomic E-state index is 12.7. The van der Waals surface area contributed by atoms with Crippen molar-refractivity contribution in [3.63, 3.8) is 0 Å². The van der Waals surface area contributed by atoms with Crippen LogP contribution in [0.3, 0.4) is 0 Å². The highest BCUT2D eigenvalue weighted by molar-refractivity contribution is 6.10. The van der Waals surface area contributed by atoms with E-state index in [0.717, 1.165) is 23.3 Å². The smallest absolute Gasteiger partial charge is 0.268 e. The van der Waals surface area contributed by atoms with Crippen molar-refractivity contribution < 1.29 is 4.79 Å². The van der Waals surface area contributed by atoms with E-state index < -0.39 is 0 Å². The highest BCUT2D eigenvalue weighted by Gasteiger charge is 2.21. The van der Waals surface area contributed by atoms with Crippen molar-refractivity contribution >= 4 is 27.8 Å². The lowest BCUT2D eigenvalue weighted by Crippen LogP contribution is -2.32. The summed E-state index contributed by atoms with van der Waals surface area (Å²) in [6, 6.07) is 10.6. The average Bonchev–Trinajstić information content (AvgIpc) is 3.04. The molecule has 3 rings (SSSR count). The van der Waals surface area contributed by atoms with E-state index in [1.165, 1.54) is 10.9 Å². The summed E-state index contributed by atoms with van der Waals surface area (Å²) < 4.78 is 4.32. The minimum atomic E-state index is -0.00849. The molecule has 0 radical (unpaired) electrons. The zero-order chi connectivity index (χ0) is 17.4. The van der Waals surface area contributed by atoms with Crippen molar-refractivity contribution in [2.24, 2.45) is 7.05 Å². The van der Waals surface area contributed by atoms with Gasteiger partial charge < -0.3 is 19.4 Å². The second-order valence-corrected chi connectivity index (χ2v) is 6.86. The summed E-state index contributed by atoms with van der Waals surface area (Å²) in [5.41, 5.74) is 4.16. The number of aryl methyl sites for hydroxylation is 1. The molecule has 0 aliphatic rings. The van der Waals surface area contributed by atoms with Crippen LogP contribution in [-0.4, -0.2) is 47.1 Å². The summed E-state index contributed by atoms with van der Waals surface area (Å²) in [5, 5.41) is 4.22. The van der Waals surface area contributed by atoms with Crippen molar-refractivity contribution in [2.75, 3.05) is 27.2 Å². The lowest BCUT2D eigenvalue weighted by molar-refractivity contribution is 0.0941. The van der Waals surface area contributed by atoms with Crippen LogP contribution in [0.15, 0.2) is 30.3 Å². The molecule has 128 valence electrons. The van der Waals surface area contributed by atoms with E-state index in [9.17, 15) is 4.79 Å². The Morgan fingerprint density at radius 2 is 1.92 bits per heavy atom. The molecule has 24 heavy (non-hydrogen) atoms. The van der Waals surface area contributed by atoms with Crippen molar-refractivity contribution in [1.29, 1.82) is 0 Å². The van der Waals surface area contributed by atoms with Crippen LogP contribution in [0.4, 0.5) is 0 Å². The molecule has 2 heterocycles. The topological polar surface area (TPSA) is 42.2 Å². The van der Waals surface area contributed by atoms with E-state index in [1.54, 1.807) is 0 Å². The Morgan fingerprint density at radius 1 is 1.21 bits per heavy atom. The predicted octanol–water partition coefficient (Wildman–Crippen LogP) is 3.01. The molecule has 1 aromatic carbocycles. The molecule has 1 amide bonds. The third-order valence-electron chi connectivity index (χ3n) is 4.49. The highest BCUT2D eigenvalue weighted by atomic mass is 16.1. The van der Waals surface area contributed by atoms with E-state index in [1.807, 2.05) is 20.2 Å². The normalized spacial score (nSPS) is 12.0. The molecule has 0 fully saturated rings. The van der Waals surface area contributed by atoms with Crippen LogP contribution in [0.5, 0.6) is 0 Å². The Hall–Kier alpha value is -2.27. The Labute approximate surface area is 142 Å². The van der Waals surface area contributed by atoms with E-state index >= 15 is 0 Å². The number of carbonyl (C=O) groups excluding carboxylic acids is 1. The first-order valence-corrected chi connectivity index (χ1v) is 8.43. The molecule has 0 unspecified atom stereocenters. The monoisotopic (exact) mass is 326 g/mol. The van der Waals surface area contributed by atoms with Crippen molar-refractivity contribution in [3.05, 3.63) is 36.0 Å². The van der Waals surface area contributed by atoms with Crippen LogP contribution < -0.4 is 5.32 Å². The number of fused-ring (bicyclic) bond motifs is 3. The lowest BCUT2D eigenvalue weighted by Gasteiger charge is -2.15. The van der Waals surface area contributed by atoms with Gasteiger partial charge in [0.2, 0.25) is 0 Å². The number of nitrogens with zero attached hydrogens (tertiary/aromatic N) is 3. The molecule has 0 aliphatic heterocycles. The van der Waals surface area contributed by atoms with Crippen LogP contribution in [0.2, 0.25) is 0 Å². The summed E-state index contributed by atoms with van der Waals surface area (Å²) in [6.45, 7) is 5.72. The fourth-order valence-corrected chi connectivity index (χ4v) is 3.33. The van der Waals surface area contributed by atoms with E-state index in [0.29, 0.717) is 6.54 Å². The van der Waals surface area contributed by atoms with Gasteiger partial charge in [-0.05, 0) is 40.1 Å². The van der Waals surface area contributed by atoms with Crippen molar-refractivity contribution in [2.45, 2.75) is 19.9 Å². The van der Waals surface area contributed by atoms with Gasteiger partial charge in [-0.1, -0.05) is 18.2 Å². The average molecular weight is 326 g/mol. The number of nitrogens with one attached hydrogen (secondary N) is 1. The molecule has 0 aliphatic carbocycles. The number of hydrogen-bond donors (Lipinski definition) is 1. The first-order chi connectivity index (χ1) is 11.4. The second-order valence-electron chi connectivity index (χ2n) is 6.86. The van der Waals surface area contributed by atoms with Crippen molar-refractivity contribution in [3.8, 4) is 0 Å². The number of hydrogen-bond acceptors (Lipinski definition) is 2. The third-order valence-corrected chi connectivity index (χ3v) is 4.49. The summed E-state index contributed by atoms with van der Waals surface area (Å²) in [7, 11) is 6.07. The maximum atomic E-state index is 12.7. The van der Waals surface area contributed by atoms with Gasteiger partial charge in [-0.2, -0.15) is 0 Å². The lowest BCUT2D eigenvalue weighted by atomic mass is 10.2. The Bertz CT molecular complexity index is 886. The van der Waals surface area contributed by atoms with Gasteiger partial charge in [0.1, 0.15) is 5.69 Å². The molecule has 0 spiro atoms. The summed E-state index contributed by atoms with van der Waals surface area (Å²) in [5.74, 6) is -0.00849. The van der Waals surface area contributed by atoms with Gasteiger partial charge in [-0.15, -0.1) is 0 Å². The molecule has 0 saturated carbocycles. The van der Waals surface area contributed by atoms with Gasteiger partial charge in [-0.25, -0.2) is 0 Å². The molecule has 5 nitrogen and oxygen atoms in total. The van der Waals surface area contributed by atoms with E-state index in [4.69, 9.17) is 0 Å². The van der Waals surface area contributed by atoms with Crippen LogP contribution in [0.25, 0.3) is 21.9 Å². The van der Waals surface area contributed by atoms with Gasteiger partial charge in [0.15, 0.2) is 0 Å². The van der Waals surface area contributed by atoms with Gasteiger partial charge in [-0.3, -0.25) is 4.79 Å². The number of carbonyl (C=O) groups is 1. The largest absolute Gasteiger partial charge is 0.349 e. The molecule has 2 aromatic heterocycles. The van der Waals surface area contributed by atoms with Gasteiger partial charge in [0.25, 0.3) is 5.91 Å². The third kappa shape index (κ3) is 2.69. The standard InChI is InChI=1S/C19H26N4O/c1-13(2)23-17(19(24)20-10-11-21(3)4)12-16-18(23)14-8-6-7-9-15(14)22(16)5/h6-9,12-13H,10-11H2,1-5H3,(H,20,24). The first-order valence-electron chi connectivity index (χ1n) is 8.43. The molecule has 3 aromatic rings. The number of aromatic nitrogens is 2. The number of amides is 1. The van der Waals surface area contributed by atoms with Gasteiger partial charge >= 0.3 is 0 Å². The molecule has 5 heteroatoms. The minimum absolute atomic E-state index is 0.00849. The summed E-state index contributed by atoms with van der Waals surface area (Å²) in [6.07, 6.45) is 0. The Kier molecular flexibility index (Phi) is 4.37. The predicted molar refractivity (Wildman–Crippen MR) is 99.7 cm³/mol. The highest BCUT2D eigenvalue weighted by Crippen LogP contribution is 2.33. The summed E-state index contributed by atoms with van der Waals surface area (Å²) in [4.78, 5) is 14.8.